The topological polar surface area (TPSA) is 87.9 Å². The maximum absolute atomic E-state index is 10.5. The second-order valence-electron chi connectivity index (χ2n) is 3.74. The highest BCUT2D eigenvalue weighted by Gasteiger charge is 2.20. The molecule has 1 aromatic rings. The molecule has 0 spiro atoms. The van der Waals surface area contributed by atoms with Gasteiger partial charge in [-0.1, -0.05) is 0 Å². The number of nitrogens with zero attached hydrogens (tertiary/aromatic N) is 1. The zero-order valence-electron chi connectivity index (χ0n) is 10.1. The fourth-order valence-electron chi connectivity index (χ4n) is 1.69. The van der Waals surface area contributed by atoms with Crippen LogP contribution in [0.1, 0.15) is 5.56 Å². The molecule has 0 radical (unpaired) electrons. The van der Waals surface area contributed by atoms with E-state index in [1.54, 1.807) is 12.1 Å². The van der Waals surface area contributed by atoms with Crippen molar-refractivity contribution in [1.82, 2.24) is 0 Å². The van der Waals surface area contributed by atoms with Gasteiger partial charge in [-0.25, -0.2) is 0 Å². The Morgan fingerprint density at radius 1 is 1.53 bits per heavy atom. The third-order valence-corrected chi connectivity index (χ3v) is 2.60. The Balaban J connectivity index is 2.27. The van der Waals surface area contributed by atoms with Gasteiger partial charge in [0.1, 0.15) is 0 Å². The van der Waals surface area contributed by atoms with Crippen LogP contribution in [0.5, 0.6) is 17.2 Å². The molecule has 19 heavy (non-hydrogen) atoms. The van der Waals surface area contributed by atoms with E-state index < -0.39 is 10.6 Å². The number of carbonyl (C=O) groups excluding carboxylic acids is 1. The molecule has 1 aliphatic heterocycles. The summed E-state index contributed by atoms with van der Waals surface area (Å²) in [6.45, 7) is 0.111. The first-order chi connectivity index (χ1) is 9.15. The standard InChI is InChI=1S/C12H11NO6/c1-17-10-4-8(2-3-9(6-14)13(15)16)5-11-12(10)19-7-18-11/h3-6H,2,7H2,1H3/b9-3-. The Kier molecular flexibility index (Phi) is 3.65. The zero-order chi connectivity index (χ0) is 13.8. The van der Waals surface area contributed by atoms with Gasteiger partial charge >= 0.3 is 5.70 Å². The number of fused-ring (bicyclic) bond motifs is 1. The summed E-state index contributed by atoms with van der Waals surface area (Å²) in [6.07, 6.45) is 1.68. The van der Waals surface area contributed by atoms with Crippen LogP contribution in [0.3, 0.4) is 0 Å². The van der Waals surface area contributed by atoms with Crippen LogP contribution >= 0.6 is 0 Å². The van der Waals surface area contributed by atoms with Crippen molar-refractivity contribution >= 4 is 6.29 Å². The van der Waals surface area contributed by atoms with Crippen molar-refractivity contribution < 1.29 is 23.9 Å². The summed E-state index contributed by atoms with van der Waals surface area (Å²) in [4.78, 5) is 20.3. The quantitative estimate of drug-likeness (QED) is 0.345. The molecule has 0 amide bonds. The Hall–Kier alpha value is -2.57. The maximum Gasteiger partial charge on any atom is 0.305 e. The van der Waals surface area contributed by atoms with E-state index in [0.29, 0.717) is 17.2 Å². The van der Waals surface area contributed by atoms with Crippen LogP contribution in [-0.2, 0) is 11.2 Å². The molecule has 0 aromatic heterocycles. The maximum atomic E-state index is 10.5. The minimum Gasteiger partial charge on any atom is -0.493 e. The summed E-state index contributed by atoms with van der Waals surface area (Å²) in [5, 5.41) is 10.5. The summed E-state index contributed by atoms with van der Waals surface area (Å²) in [6, 6.07) is 3.39. The van der Waals surface area contributed by atoms with Gasteiger partial charge in [0.2, 0.25) is 18.8 Å². The molecular weight excluding hydrogens is 254 g/mol. The molecule has 1 aliphatic rings. The first-order valence-corrected chi connectivity index (χ1v) is 5.42. The van der Waals surface area contributed by atoms with Crippen molar-refractivity contribution in [3.05, 3.63) is 39.6 Å². The first kappa shape index (κ1) is 12.9. The van der Waals surface area contributed by atoms with Crippen LogP contribution in [0.25, 0.3) is 0 Å². The molecule has 1 heterocycles. The van der Waals surface area contributed by atoms with Crippen molar-refractivity contribution in [3.8, 4) is 17.2 Å². The van der Waals surface area contributed by atoms with Gasteiger partial charge in [-0.3, -0.25) is 14.9 Å². The molecule has 0 bridgehead atoms. The Bertz CT molecular complexity index is 551. The van der Waals surface area contributed by atoms with Crippen molar-refractivity contribution in [3.63, 3.8) is 0 Å². The summed E-state index contributed by atoms with van der Waals surface area (Å²) >= 11 is 0. The highest BCUT2D eigenvalue weighted by atomic mass is 16.7. The lowest BCUT2D eigenvalue weighted by Crippen LogP contribution is -2.00. The van der Waals surface area contributed by atoms with E-state index in [0.717, 1.165) is 5.56 Å². The summed E-state index contributed by atoms with van der Waals surface area (Å²) in [5.41, 5.74) is 0.249. The molecule has 7 nitrogen and oxygen atoms in total. The van der Waals surface area contributed by atoms with Gasteiger partial charge in [-0.2, -0.15) is 0 Å². The Labute approximate surface area is 108 Å². The Morgan fingerprint density at radius 2 is 2.32 bits per heavy atom. The molecule has 0 aliphatic carbocycles. The average molecular weight is 265 g/mol. The first-order valence-electron chi connectivity index (χ1n) is 5.42. The molecule has 0 unspecified atom stereocenters. The van der Waals surface area contributed by atoms with E-state index in [4.69, 9.17) is 14.2 Å². The highest BCUT2D eigenvalue weighted by Crippen LogP contribution is 2.41. The van der Waals surface area contributed by atoms with E-state index in [1.807, 2.05) is 0 Å². The van der Waals surface area contributed by atoms with Gasteiger partial charge in [-0.05, 0) is 24.1 Å². The van der Waals surface area contributed by atoms with E-state index in [1.165, 1.54) is 13.2 Å². The molecule has 7 heteroatoms. The SMILES string of the molecule is COc1cc(C/C=C(/C=O)[N+](=O)[O-])cc2c1OCO2. The molecule has 0 saturated carbocycles. The molecular formula is C12H11NO6. The van der Waals surface area contributed by atoms with Gasteiger partial charge < -0.3 is 14.2 Å². The van der Waals surface area contributed by atoms with Crippen LogP contribution in [0.15, 0.2) is 23.9 Å². The number of rotatable bonds is 5. The third-order valence-electron chi connectivity index (χ3n) is 2.60. The lowest BCUT2D eigenvalue weighted by molar-refractivity contribution is -0.417. The number of benzene rings is 1. The van der Waals surface area contributed by atoms with Crippen molar-refractivity contribution in [2.45, 2.75) is 6.42 Å². The third kappa shape index (κ3) is 2.65. The van der Waals surface area contributed by atoms with Gasteiger partial charge in [0.05, 0.1) is 12.0 Å². The molecule has 1 aromatic carbocycles. The van der Waals surface area contributed by atoms with Gasteiger partial charge in [0, 0.05) is 6.08 Å². The van der Waals surface area contributed by atoms with E-state index in [9.17, 15) is 14.9 Å². The highest BCUT2D eigenvalue weighted by molar-refractivity contribution is 5.69. The summed E-state index contributed by atoms with van der Waals surface area (Å²) in [5.74, 6) is 1.53. The van der Waals surface area contributed by atoms with E-state index in [-0.39, 0.29) is 19.5 Å². The molecule has 0 N–H and O–H groups in total. The number of nitro groups is 1. The number of hydrogen-bond acceptors (Lipinski definition) is 6. The number of allylic oxidation sites excluding steroid dienone is 2. The second kappa shape index (κ2) is 5.38. The number of methoxy groups -OCH3 is 1. The summed E-state index contributed by atoms with van der Waals surface area (Å²) in [7, 11) is 1.49. The van der Waals surface area contributed by atoms with Crippen molar-refractivity contribution in [2.24, 2.45) is 0 Å². The predicted molar refractivity (Wildman–Crippen MR) is 64.0 cm³/mol. The molecule has 100 valence electrons. The number of carbonyl (C=O) groups is 1. The normalized spacial score (nSPS) is 13.2. The van der Waals surface area contributed by atoms with Crippen LogP contribution in [-0.4, -0.2) is 25.1 Å². The smallest absolute Gasteiger partial charge is 0.305 e. The van der Waals surface area contributed by atoms with Crippen LogP contribution in [0, 0.1) is 10.1 Å². The number of hydrogen-bond donors (Lipinski definition) is 0. The summed E-state index contributed by atoms with van der Waals surface area (Å²) < 4.78 is 15.6. The Morgan fingerprint density at radius 3 is 2.95 bits per heavy atom. The largest absolute Gasteiger partial charge is 0.493 e. The molecule has 2 rings (SSSR count). The predicted octanol–water partition coefficient (Wildman–Crippen LogP) is 1.33. The van der Waals surface area contributed by atoms with Crippen molar-refractivity contribution in [2.75, 3.05) is 13.9 Å². The average Bonchev–Trinajstić information content (AvgIpc) is 2.86. The minimum atomic E-state index is -0.725. The second-order valence-corrected chi connectivity index (χ2v) is 3.74. The number of ether oxygens (including phenoxy) is 3. The lowest BCUT2D eigenvalue weighted by Gasteiger charge is -2.06. The van der Waals surface area contributed by atoms with Crippen LogP contribution in [0.2, 0.25) is 0 Å². The number of aldehydes is 1. The monoisotopic (exact) mass is 265 g/mol. The zero-order valence-corrected chi connectivity index (χ0v) is 10.1. The van der Waals surface area contributed by atoms with Crippen molar-refractivity contribution in [1.29, 1.82) is 0 Å². The van der Waals surface area contributed by atoms with Crippen LogP contribution < -0.4 is 14.2 Å². The molecule has 0 atom stereocenters. The molecule has 0 saturated heterocycles. The van der Waals surface area contributed by atoms with Gasteiger partial charge in [0.25, 0.3) is 0 Å². The van der Waals surface area contributed by atoms with E-state index >= 15 is 0 Å². The lowest BCUT2D eigenvalue weighted by atomic mass is 10.1. The van der Waals surface area contributed by atoms with Crippen LogP contribution in [0.4, 0.5) is 0 Å². The molecule has 0 fully saturated rings. The van der Waals surface area contributed by atoms with Gasteiger partial charge in [-0.15, -0.1) is 0 Å². The fraction of sp³-hybridized carbons (Fsp3) is 0.250. The van der Waals surface area contributed by atoms with E-state index in [2.05, 4.69) is 0 Å². The minimum absolute atomic E-state index is 0.111. The fourth-order valence-corrected chi connectivity index (χ4v) is 1.69. The van der Waals surface area contributed by atoms with Gasteiger partial charge in [0.15, 0.2) is 11.5 Å².